The van der Waals surface area contributed by atoms with E-state index in [1.807, 2.05) is 58.0 Å². The Bertz CT molecular complexity index is 836. The van der Waals surface area contributed by atoms with Gasteiger partial charge >= 0.3 is 12.1 Å². The Labute approximate surface area is 195 Å². The Morgan fingerprint density at radius 3 is 2.15 bits per heavy atom. The molecule has 2 atom stereocenters. The molecule has 0 aliphatic carbocycles. The van der Waals surface area contributed by atoms with Crippen LogP contribution in [-0.2, 0) is 30.5 Å². The van der Waals surface area contributed by atoms with Crippen LogP contribution in [0.2, 0.25) is 0 Å². The van der Waals surface area contributed by atoms with Crippen molar-refractivity contribution in [3.63, 3.8) is 0 Å². The average molecular weight is 462 g/mol. The maximum absolute atomic E-state index is 12.7. The lowest BCUT2D eigenvalue weighted by atomic mass is 10.0. The molecule has 1 aromatic rings. The summed E-state index contributed by atoms with van der Waals surface area (Å²) in [5.74, 6) is -1.67. The summed E-state index contributed by atoms with van der Waals surface area (Å²) in [5, 5.41) is 7.58. The Morgan fingerprint density at radius 2 is 1.61 bits per heavy atom. The number of carbonyl (C=O) groups is 4. The summed E-state index contributed by atoms with van der Waals surface area (Å²) < 4.78 is 9.91. The molecule has 33 heavy (non-hydrogen) atoms. The largest absolute Gasteiger partial charge is 0.467 e. The quantitative estimate of drug-likeness (QED) is 0.344. The number of methoxy groups -OCH3 is 1. The lowest BCUT2D eigenvalue weighted by Gasteiger charge is -2.21. The Kier molecular flexibility index (Phi) is 11.7. The van der Waals surface area contributed by atoms with Crippen LogP contribution >= 0.6 is 0 Å². The first-order valence-electron chi connectivity index (χ1n) is 10.9. The van der Waals surface area contributed by atoms with Crippen LogP contribution in [0.5, 0.6) is 0 Å². The number of hydrogen-bond acceptors (Lipinski definition) is 6. The fourth-order valence-corrected chi connectivity index (χ4v) is 2.84. The zero-order chi connectivity index (χ0) is 25.0. The first-order valence-corrected chi connectivity index (χ1v) is 10.9. The van der Waals surface area contributed by atoms with Crippen molar-refractivity contribution in [3.05, 3.63) is 47.7 Å². The van der Waals surface area contributed by atoms with Gasteiger partial charge in [0.1, 0.15) is 24.4 Å². The zero-order valence-corrected chi connectivity index (χ0v) is 20.1. The summed E-state index contributed by atoms with van der Waals surface area (Å²) in [4.78, 5) is 49.4. The molecule has 182 valence electrons. The van der Waals surface area contributed by atoms with Gasteiger partial charge in [0, 0.05) is 0 Å². The minimum atomic E-state index is -0.963. The fraction of sp³-hybridized carbons (Fsp3) is 0.500. The number of benzene rings is 1. The summed E-state index contributed by atoms with van der Waals surface area (Å²) >= 11 is 0. The molecule has 3 N–H and O–H groups in total. The summed E-state index contributed by atoms with van der Waals surface area (Å²) in [7, 11) is 1.25. The molecule has 0 radical (unpaired) electrons. The van der Waals surface area contributed by atoms with E-state index in [1.54, 1.807) is 6.08 Å². The molecule has 9 heteroatoms. The van der Waals surface area contributed by atoms with Crippen LogP contribution in [0.25, 0.3) is 0 Å². The Hall–Kier alpha value is -3.36. The van der Waals surface area contributed by atoms with E-state index in [0.717, 1.165) is 5.56 Å². The van der Waals surface area contributed by atoms with E-state index in [4.69, 9.17) is 9.47 Å². The van der Waals surface area contributed by atoms with E-state index in [-0.39, 0.29) is 24.1 Å². The molecule has 0 heterocycles. The zero-order valence-electron chi connectivity index (χ0n) is 20.1. The van der Waals surface area contributed by atoms with Gasteiger partial charge in [-0.3, -0.25) is 14.9 Å². The van der Waals surface area contributed by atoms with E-state index < -0.39 is 36.0 Å². The van der Waals surface area contributed by atoms with Crippen molar-refractivity contribution in [2.24, 2.45) is 11.8 Å². The Morgan fingerprint density at radius 1 is 0.970 bits per heavy atom. The molecule has 3 amide bonds. The maximum Gasteiger partial charge on any atom is 0.412 e. The Balaban J connectivity index is 2.75. The van der Waals surface area contributed by atoms with Gasteiger partial charge in [0.2, 0.25) is 5.91 Å². The highest BCUT2D eigenvalue weighted by Gasteiger charge is 2.26. The molecule has 0 aliphatic heterocycles. The van der Waals surface area contributed by atoms with E-state index in [1.165, 1.54) is 14.0 Å². The summed E-state index contributed by atoms with van der Waals surface area (Å²) in [6.07, 6.45) is 1.16. The van der Waals surface area contributed by atoms with Gasteiger partial charge in [-0.15, -0.1) is 0 Å². The van der Waals surface area contributed by atoms with E-state index >= 15 is 0 Å². The minimum Gasteiger partial charge on any atom is -0.467 e. The highest BCUT2D eigenvalue weighted by atomic mass is 16.5. The second-order valence-electron chi connectivity index (χ2n) is 8.42. The third-order valence-electron chi connectivity index (χ3n) is 4.44. The van der Waals surface area contributed by atoms with Crippen molar-refractivity contribution >= 4 is 23.9 Å². The molecule has 0 aromatic heterocycles. The van der Waals surface area contributed by atoms with Gasteiger partial charge in [-0.1, -0.05) is 64.1 Å². The lowest BCUT2D eigenvalue weighted by molar-refractivity contribution is -0.145. The first-order chi connectivity index (χ1) is 15.5. The summed E-state index contributed by atoms with van der Waals surface area (Å²) in [6, 6.07) is 7.34. The SMILES string of the molecule is COC(=O)[C@H](CC(C)C)NC(=O)[C@H](C)NC(=O)/C(=C/C(C)C)NC(=O)OCc1ccccc1. The van der Waals surface area contributed by atoms with Crippen molar-refractivity contribution in [1.82, 2.24) is 16.0 Å². The molecule has 0 saturated heterocycles. The van der Waals surface area contributed by atoms with Crippen LogP contribution < -0.4 is 16.0 Å². The average Bonchev–Trinajstić information content (AvgIpc) is 2.76. The molecule has 0 aliphatic rings. The van der Waals surface area contributed by atoms with Crippen molar-refractivity contribution < 1.29 is 28.7 Å². The summed E-state index contributed by atoms with van der Waals surface area (Å²) in [5.41, 5.74) is 0.771. The van der Waals surface area contributed by atoms with Gasteiger partial charge in [0.25, 0.3) is 5.91 Å². The molecule has 9 nitrogen and oxygen atoms in total. The number of carbonyl (C=O) groups excluding carboxylic acids is 4. The standard InChI is InChI=1S/C24H35N3O6/c1-15(2)12-19(27-24(31)33-14-18-10-8-7-9-11-18)22(29)25-17(5)21(28)26-20(13-16(3)4)23(30)32-6/h7-12,15-17,20H,13-14H2,1-6H3,(H,25,29)(H,26,28)(H,27,31)/b19-12-/t17-,20-/m0/s1. The number of allylic oxidation sites excluding steroid dienone is 1. The number of esters is 1. The molecule has 0 fully saturated rings. The monoisotopic (exact) mass is 461 g/mol. The fourth-order valence-electron chi connectivity index (χ4n) is 2.84. The van der Waals surface area contributed by atoms with Crippen LogP contribution in [0.4, 0.5) is 4.79 Å². The van der Waals surface area contributed by atoms with Crippen LogP contribution in [0.15, 0.2) is 42.1 Å². The number of ether oxygens (including phenoxy) is 2. The van der Waals surface area contributed by atoms with Crippen molar-refractivity contribution in [2.75, 3.05) is 7.11 Å². The normalized spacial score (nSPS) is 13.2. The van der Waals surface area contributed by atoms with E-state index in [9.17, 15) is 19.2 Å². The van der Waals surface area contributed by atoms with Crippen LogP contribution in [0, 0.1) is 11.8 Å². The summed E-state index contributed by atoms with van der Waals surface area (Å²) in [6.45, 7) is 9.04. The predicted octanol–water partition coefficient (Wildman–Crippen LogP) is 2.66. The highest BCUT2D eigenvalue weighted by Crippen LogP contribution is 2.07. The van der Waals surface area contributed by atoms with Gasteiger partial charge in [0.15, 0.2) is 0 Å². The molecule has 1 rings (SSSR count). The maximum atomic E-state index is 12.7. The van der Waals surface area contributed by atoms with Crippen molar-refractivity contribution in [1.29, 1.82) is 0 Å². The van der Waals surface area contributed by atoms with Crippen molar-refractivity contribution in [3.8, 4) is 0 Å². The smallest absolute Gasteiger partial charge is 0.412 e. The van der Waals surface area contributed by atoms with Gasteiger partial charge < -0.3 is 20.1 Å². The van der Waals surface area contributed by atoms with Gasteiger partial charge in [-0.05, 0) is 30.7 Å². The third kappa shape index (κ3) is 10.7. The topological polar surface area (TPSA) is 123 Å². The van der Waals surface area contributed by atoms with Crippen molar-refractivity contribution in [2.45, 2.75) is 59.7 Å². The number of amides is 3. The van der Waals surface area contributed by atoms with E-state index in [2.05, 4.69) is 16.0 Å². The molecule has 0 saturated carbocycles. The van der Waals surface area contributed by atoms with Gasteiger partial charge in [-0.2, -0.15) is 0 Å². The van der Waals surface area contributed by atoms with Crippen LogP contribution in [-0.4, -0.2) is 43.1 Å². The van der Waals surface area contributed by atoms with Crippen LogP contribution in [0.3, 0.4) is 0 Å². The van der Waals surface area contributed by atoms with Gasteiger partial charge in [0.05, 0.1) is 7.11 Å². The molecule has 0 spiro atoms. The number of rotatable bonds is 11. The molecule has 0 bridgehead atoms. The number of hydrogen-bond donors (Lipinski definition) is 3. The highest BCUT2D eigenvalue weighted by molar-refractivity contribution is 5.99. The number of nitrogens with one attached hydrogen (secondary N) is 3. The minimum absolute atomic E-state index is 0.0330. The molecule has 1 aromatic carbocycles. The second-order valence-corrected chi connectivity index (χ2v) is 8.42. The first kappa shape index (κ1) is 27.7. The van der Waals surface area contributed by atoms with Gasteiger partial charge in [-0.25, -0.2) is 9.59 Å². The van der Waals surface area contributed by atoms with E-state index in [0.29, 0.717) is 6.42 Å². The molecular formula is C24H35N3O6. The van der Waals surface area contributed by atoms with Crippen LogP contribution in [0.1, 0.15) is 46.6 Å². The number of alkyl carbamates (subject to hydrolysis) is 1. The lowest BCUT2D eigenvalue weighted by Crippen LogP contribution is -2.52. The second kappa shape index (κ2) is 13.9. The molecular weight excluding hydrogens is 426 g/mol. The third-order valence-corrected chi connectivity index (χ3v) is 4.44. The predicted molar refractivity (Wildman–Crippen MR) is 124 cm³/mol. The molecule has 0 unspecified atom stereocenters.